The molecule has 0 radical (unpaired) electrons. The number of nitrogens with zero attached hydrogens (tertiary/aromatic N) is 4. The Labute approximate surface area is 165 Å². The highest BCUT2D eigenvalue weighted by molar-refractivity contribution is 5.92. The van der Waals surface area contributed by atoms with Crippen LogP contribution in [0.3, 0.4) is 0 Å². The first-order valence-electron chi connectivity index (χ1n) is 9.47. The molecular formula is C22H25N5O. The van der Waals surface area contributed by atoms with E-state index in [1.54, 1.807) is 36.6 Å². The molecular weight excluding hydrogens is 350 g/mol. The topological polar surface area (TPSA) is 71.0 Å². The summed E-state index contributed by atoms with van der Waals surface area (Å²) in [4.78, 5) is 26.9. The SMILES string of the molecule is CN(CCc1ccncc1)C(=O)c1ccnc(NCCCc2ccccc2)n1. The molecule has 0 spiro atoms. The fraction of sp³-hybridized carbons (Fsp3) is 0.273. The molecule has 1 N–H and O–H groups in total. The first-order valence-corrected chi connectivity index (χ1v) is 9.47. The number of anilines is 1. The third kappa shape index (κ3) is 5.87. The highest BCUT2D eigenvalue weighted by atomic mass is 16.2. The van der Waals surface area contributed by atoms with E-state index in [0.717, 1.165) is 31.4 Å². The van der Waals surface area contributed by atoms with Crippen LogP contribution in [0.5, 0.6) is 0 Å². The molecule has 1 aromatic carbocycles. The van der Waals surface area contributed by atoms with Gasteiger partial charge in [-0.05, 0) is 48.6 Å². The molecule has 0 unspecified atom stereocenters. The van der Waals surface area contributed by atoms with Crippen molar-refractivity contribution in [3.05, 3.63) is 83.9 Å². The molecule has 6 nitrogen and oxygen atoms in total. The maximum Gasteiger partial charge on any atom is 0.272 e. The summed E-state index contributed by atoms with van der Waals surface area (Å²) in [6.45, 7) is 1.37. The van der Waals surface area contributed by atoms with Crippen LogP contribution in [0.1, 0.15) is 28.0 Å². The van der Waals surface area contributed by atoms with Crippen molar-refractivity contribution < 1.29 is 4.79 Å². The zero-order valence-corrected chi connectivity index (χ0v) is 16.1. The molecule has 1 amide bonds. The van der Waals surface area contributed by atoms with Gasteiger partial charge in [0.1, 0.15) is 5.69 Å². The van der Waals surface area contributed by atoms with Crippen LogP contribution in [0, 0.1) is 0 Å². The second-order valence-corrected chi connectivity index (χ2v) is 6.61. The van der Waals surface area contributed by atoms with Crippen molar-refractivity contribution in [2.75, 3.05) is 25.5 Å². The van der Waals surface area contributed by atoms with Crippen molar-refractivity contribution in [2.45, 2.75) is 19.3 Å². The van der Waals surface area contributed by atoms with E-state index in [-0.39, 0.29) is 5.91 Å². The Kier molecular flexibility index (Phi) is 7.07. The lowest BCUT2D eigenvalue weighted by Crippen LogP contribution is -2.29. The number of hydrogen-bond acceptors (Lipinski definition) is 5. The number of rotatable bonds is 9. The van der Waals surface area contributed by atoms with E-state index in [4.69, 9.17) is 0 Å². The van der Waals surface area contributed by atoms with E-state index in [2.05, 4.69) is 32.4 Å². The maximum atomic E-state index is 12.6. The summed E-state index contributed by atoms with van der Waals surface area (Å²) in [5, 5.41) is 3.21. The van der Waals surface area contributed by atoms with Gasteiger partial charge < -0.3 is 10.2 Å². The fourth-order valence-corrected chi connectivity index (χ4v) is 2.84. The Balaban J connectivity index is 1.48. The monoisotopic (exact) mass is 375 g/mol. The van der Waals surface area contributed by atoms with Gasteiger partial charge >= 0.3 is 0 Å². The molecule has 28 heavy (non-hydrogen) atoms. The molecule has 6 heteroatoms. The lowest BCUT2D eigenvalue weighted by atomic mass is 10.1. The number of carbonyl (C=O) groups is 1. The molecule has 0 saturated heterocycles. The third-order valence-electron chi connectivity index (χ3n) is 4.47. The molecule has 3 aromatic rings. The van der Waals surface area contributed by atoms with Gasteiger partial charge in [-0.3, -0.25) is 9.78 Å². The van der Waals surface area contributed by atoms with Crippen molar-refractivity contribution in [1.82, 2.24) is 19.9 Å². The third-order valence-corrected chi connectivity index (χ3v) is 4.47. The summed E-state index contributed by atoms with van der Waals surface area (Å²) in [7, 11) is 1.79. The van der Waals surface area contributed by atoms with E-state index < -0.39 is 0 Å². The average Bonchev–Trinajstić information content (AvgIpc) is 2.76. The normalized spacial score (nSPS) is 10.5. The van der Waals surface area contributed by atoms with Gasteiger partial charge in [-0.1, -0.05) is 30.3 Å². The molecule has 0 aliphatic rings. The predicted octanol–water partition coefficient (Wildman–Crippen LogP) is 3.23. The van der Waals surface area contributed by atoms with Gasteiger partial charge in [-0.25, -0.2) is 9.97 Å². The number of carbonyl (C=O) groups excluding carboxylic acids is 1. The quantitative estimate of drug-likeness (QED) is 0.582. The summed E-state index contributed by atoms with van der Waals surface area (Å²) in [5.74, 6) is 0.380. The van der Waals surface area contributed by atoms with Crippen LogP contribution in [0.25, 0.3) is 0 Å². The van der Waals surface area contributed by atoms with Crippen molar-refractivity contribution >= 4 is 11.9 Å². The molecule has 144 valence electrons. The standard InChI is InChI=1S/C22H25N5O/c1-27(17-12-19-9-14-23-15-10-19)21(28)20-11-16-25-22(26-20)24-13-5-8-18-6-3-2-4-7-18/h2-4,6-7,9-11,14-16H,5,8,12-13,17H2,1H3,(H,24,25,26). The lowest BCUT2D eigenvalue weighted by molar-refractivity contribution is 0.0791. The number of benzene rings is 1. The van der Waals surface area contributed by atoms with Crippen LogP contribution in [-0.2, 0) is 12.8 Å². The lowest BCUT2D eigenvalue weighted by Gasteiger charge is -2.17. The van der Waals surface area contributed by atoms with Gasteiger partial charge in [0.05, 0.1) is 0 Å². The number of likely N-dealkylation sites (N-methyl/N-ethyl adjacent to an activating group) is 1. The molecule has 0 aliphatic carbocycles. The Bertz CT molecular complexity index is 870. The number of nitrogens with one attached hydrogen (secondary N) is 1. The minimum absolute atomic E-state index is 0.108. The van der Waals surface area contributed by atoms with E-state index in [1.807, 2.05) is 30.3 Å². The van der Waals surface area contributed by atoms with Crippen LogP contribution in [0.2, 0.25) is 0 Å². The van der Waals surface area contributed by atoms with Crippen LogP contribution in [-0.4, -0.2) is 45.9 Å². The molecule has 2 heterocycles. The molecule has 0 atom stereocenters. The van der Waals surface area contributed by atoms with Gasteiger partial charge in [0.15, 0.2) is 0 Å². The number of amides is 1. The Hall–Kier alpha value is -3.28. The van der Waals surface area contributed by atoms with Gasteiger partial charge in [0, 0.05) is 38.7 Å². The van der Waals surface area contributed by atoms with Gasteiger partial charge in [-0.2, -0.15) is 0 Å². The fourth-order valence-electron chi connectivity index (χ4n) is 2.84. The van der Waals surface area contributed by atoms with E-state index >= 15 is 0 Å². The Morgan fingerprint density at radius 1 is 0.964 bits per heavy atom. The summed E-state index contributed by atoms with van der Waals surface area (Å²) in [6, 6.07) is 15.9. The Morgan fingerprint density at radius 3 is 2.50 bits per heavy atom. The molecule has 0 fully saturated rings. The first-order chi connectivity index (χ1) is 13.7. The van der Waals surface area contributed by atoms with Crippen LogP contribution in [0.4, 0.5) is 5.95 Å². The molecule has 0 bridgehead atoms. The van der Waals surface area contributed by atoms with Gasteiger partial charge in [-0.15, -0.1) is 0 Å². The van der Waals surface area contributed by atoms with E-state index in [1.165, 1.54) is 5.56 Å². The maximum absolute atomic E-state index is 12.6. The predicted molar refractivity (Wildman–Crippen MR) is 110 cm³/mol. The molecule has 0 aliphatic heterocycles. The van der Waals surface area contributed by atoms with Crippen LogP contribution in [0.15, 0.2) is 67.1 Å². The van der Waals surface area contributed by atoms with Crippen molar-refractivity contribution in [3.63, 3.8) is 0 Å². The summed E-state index contributed by atoms with van der Waals surface area (Å²) in [5.41, 5.74) is 2.86. The number of aromatic nitrogens is 3. The highest BCUT2D eigenvalue weighted by Crippen LogP contribution is 2.07. The van der Waals surface area contributed by atoms with Crippen molar-refractivity contribution in [1.29, 1.82) is 0 Å². The Morgan fingerprint density at radius 2 is 1.71 bits per heavy atom. The van der Waals surface area contributed by atoms with Crippen molar-refractivity contribution in [2.24, 2.45) is 0 Å². The highest BCUT2D eigenvalue weighted by Gasteiger charge is 2.14. The van der Waals surface area contributed by atoms with Gasteiger partial charge in [0.2, 0.25) is 5.95 Å². The summed E-state index contributed by atoms with van der Waals surface area (Å²) < 4.78 is 0. The van der Waals surface area contributed by atoms with E-state index in [0.29, 0.717) is 18.2 Å². The van der Waals surface area contributed by atoms with Crippen LogP contribution < -0.4 is 5.32 Å². The zero-order valence-electron chi connectivity index (χ0n) is 16.1. The molecule has 2 aromatic heterocycles. The number of hydrogen-bond donors (Lipinski definition) is 1. The van der Waals surface area contributed by atoms with E-state index in [9.17, 15) is 4.79 Å². The number of aryl methyl sites for hydroxylation is 1. The summed E-state index contributed by atoms with van der Waals surface area (Å²) in [6.07, 6.45) is 7.88. The van der Waals surface area contributed by atoms with Crippen LogP contribution >= 0.6 is 0 Å². The second kappa shape index (κ2) is 10.2. The largest absolute Gasteiger partial charge is 0.354 e. The minimum atomic E-state index is -0.108. The molecule has 3 rings (SSSR count). The van der Waals surface area contributed by atoms with Gasteiger partial charge in [0.25, 0.3) is 5.91 Å². The zero-order chi connectivity index (χ0) is 19.6. The van der Waals surface area contributed by atoms with Crippen molar-refractivity contribution in [3.8, 4) is 0 Å². The second-order valence-electron chi connectivity index (χ2n) is 6.61. The smallest absolute Gasteiger partial charge is 0.272 e. The molecule has 0 saturated carbocycles. The first kappa shape index (κ1) is 19.5. The minimum Gasteiger partial charge on any atom is -0.354 e. The number of pyridine rings is 1. The summed E-state index contributed by atoms with van der Waals surface area (Å²) >= 11 is 0. The average molecular weight is 375 g/mol.